The molecular weight excluding hydrogens is 302 g/mol. The van der Waals surface area contributed by atoms with Crippen LogP contribution in [-0.2, 0) is 16.0 Å². The molecule has 0 spiro atoms. The molecule has 2 N–H and O–H groups in total. The Hall–Kier alpha value is -2.33. The molecule has 0 aromatic heterocycles. The van der Waals surface area contributed by atoms with Gasteiger partial charge in [0.05, 0.1) is 12.5 Å². The second kappa shape index (κ2) is 7.97. The normalized spacial score (nSPS) is 16.5. The zero-order valence-corrected chi connectivity index (χ0v) is 13.7. The number of rotatable bonds is 5. The Labute approximate surface area is 142 Å². The zero-order valence-electron chi connectivity index (χ0n) is 13.7. The summed E-state index contributed by atoms with van der Waals surface area (Å²) in [5.41, 5.74) is 1.94. The largest absolute Gasteiger partial charge is 0.508 e. The summed E-state index contributed by atoms with van der Waals surface area (Å²) >= 11 is 0. The summed E-state index contributed by atoms with van der Waals surface area (Å²) in [6.45, 7) is 1.49. The molecule has 1 saturated heterocycles. The topological polar surface area (TPSA) is 58.6 Å². The summed E-state index contributed by atoms with van der Waals surface area (Å²) in [5.74, 6) is 0.541. The van der Waals surface area contributed by atoms with E-state index < -0.39 is 0 Å². The van der Waals surface area contributed by atoms with Gasteiger partial charge in [0.15, 0.2) is 0 Å². The molecule has 0 bridgehead atoms. The summed E-state index contributed by atoms with van der Waals surface area (Å²) in [6.07, 6.45) is 2.17. The van der Waals surface area contributed by atoms with Crippen LogP contribution in [0.1, 0.15) is 30.0 Å². The van der Waals surface area contributed by atoms with Gasteiger partial charge in [-0.25, -0.2) is 0 Å². The van der Waals surface area contributed by atoms with Crippen molar-refractivity contribution in [3.8, 4) is 5.75 Å². The Bertz CT molecular complexity index is 666. The van der Waals surface area contributed by atoms with E-state index in [1.807, 2.05) is 24.3 Å². The molecule has 1 aliphatic heterocycles. The number of aromatic hydroxyl groups is 1. The highest BCUT2D eigenvalue weighted by atomic mass is 16.5. The molecule has 0 radical (unpaired) electrons. The maximum absolute atomic E-state index is 12.5. The summed E-state index contributed by atoms with van der Waals surface area (Å²) in [6, 6.07) is 17.0. The van der Waals surface area contributed by atoms with Crippen molar-refractivity contribution in [2.75, 3.05) is 13.2 Å². The molecule has 4 nitrogen and oxygen atoms in total. The van der Waals surface area contributed by atoms with E-state index in [1.54, 1.807) is 18.2 Å². The van der Waals surface area contributed by atoms with E-state index in [2.05, 4.69) is 17.4 Å². The quantitative estimate of drug-likeness (QED) is 0.887. The first-order chi connectivity index (χ1) is 11.7. The number of amides is 1. The van der Waals surface area contributed by atoms with E-state index >= 15 is 0 Å². The van der Waals surface area contributed by atoms with E-state index in [9.17, 15) is 9.90 Å². The third-order valence-electron chi connectivity index (χ3n) is 4.49. The molecule has 2 aromatic rings. The lowest BCUT2D eigenvalue weighted by Crippen LogP contribution is -2.36. The van der Waals surface area contributed by atoms with Crippen LogP contribution in [-0.4, -0.2) is 24.2 Å². The number of phenolic OH excluding ortho intramolecular Hbond substituents is 1. The molecule has 0 aliphatic carbocycles. The number of hydrogen-bond donors (Lipinski definition) is 2. The van der Waals surface area contributed by atoms with Crippen LogP contribution < -0.4 is 5.32 Å². The van der Waals surface area contributed by atoms with Gasteiger partial charge in [-0.15, -0.1) is 0 Å². The average Bonchev–Trinajstić information content (AvgIpc) is 2.61. The van der Waals surface area contributed by atoms with E-state index in [-0.39, 0.29) is 24.1 Å². The minimum atomic E-state index is -0.0269. The molecule has 2 aromatic carbocycles. The standard InChI is InChI=1S/C20H23NO3/c22-18-8-4-5-15(13-18)14-19(23)21-20(16-6-2-1-3-7-16)17-9-11-24-12-10-17/h1-8,13,17,20,22H,9-12,14H2,(H,21,23)/t20-/m0/s1. The first-order valence-corrected chi connectivity index (χ1v) is 8.42. The molecule has 3 rings (SSSR count). The molecule has 1 atom stereocenters. The van der Waals surface area contributed by atoms with Crippen molar-refractivity contribution in [1.29, 1.82) is 0 Å². The van der Waals surface area contributed by atoms with E-state index in [0.717, 1.165) is 37.2 Å². The summed E-state index contributed by atoms with van der Waals surface area (Å²) in [4.78, 5) is 12.5. The van der Waals surface area contributed by atoms with Gasteiger partial charge in [-0.3, -0.25) is 4.79 Å². The Morgan fingerprint density at radius 3 is 2.58 bits per heavy atom. The highest BCUT2D eigenvalue weighted by Gasteiger charge is 2.26. The molecular formula is C20H23NO3. The molecule has 0 unspecified atom stereocenters. The van der Waals surface area contributed by atoms with Gasteiger partial charge in [0.1, 0.15) is 5.75 Å². The molecule has 0 saturated carbocycles. The summed E-state index contributed by atoms with van der Waals surface area (Å²) in [5, 5.41) is 12.7. The van der Waals surface area contributed by atoms with Crippen LogP contribution in [0.3, 0.4) is 0 Å². The van der Waals surface area contributed by atoms with Gasteiger partial charge in [0.2, 0.25) is 5.91 Å². The Morgan fingerprint density at radius 1 is 1.12 bits per heavy atom. The maximum atomic E-state index is 12.5. The van der Waals surface area contributed by atoms with Crippen molar-refractivity contribution in [1.82, 2.24) is 5.32 Å². The van der Waals surface area contributed by atoms with Gasteiger partial charge < -0.3 is 15.2 Å². The first kappa shape index (κ1) is 16.5. The maximum Gasteiger partial charge on any atom is 0.224 e. The number of carbonyl (C=O) groups excluding carboxylic acids is 1. The highest BCUT2D eigenvalue weighted by molar-refractivity contribution is 5.79. The zero-order chi connectivity index (χ0) is 16.8. The van der Waals surface area contributed by atoms with Crippen LogP contribution in [0, 0.1) is 5.92 Å². The van der Waals surface area contributed by atoms with Crippen molar-refractivity contribution in [3.63, 3.8) is 0 Å². The van der Waals surface area contributed by atoms with Crippen LogP contribution >= 0.6 is 0 Å². The summed E-state index contributed by atoms with van der Waals surface area (Å²) in [7, 11) is 0. The molecule has 24 heavy (non-hydrogen) atoms. The monoisotopic (exact) mass is 325 g/mol. The number of ether oxygens (including phenoxy) is 1. The third kappa shape index (κ3) is 4.36. The third-order valence-corrected chi connectivity index (χ3v) is 4.49. The molecule has 1 amide bonds. The number of phenols is 1. The fourth-order valence-electron chi connectivity index (χ4n) is 3.26. The second-order valence-electron chi connectivity index (χ2n) is 6.25. The van der Waals surface area contributed by atoms with Crippen LogP contribution in [0.15, 0.2) is 54.6 Å². The predicted octanol–water partition coefficient (Wildman–Crippen LogP) is 3.22. The van der Waals surface area contributed by atoms with Crippen molar-refractivity contribution < 1.29 is 14.6 Å². The second-order valence-corrected chi connectivity index (χ2v) is 6.25. The predicted molar refractivity (Wildman–Crippen MR) is 92.7 cm³/mol. The minimum absolute atomic E-state index is 0.0000841. The van der Waals surface area contributed by atoms with E-state index in [4.69, 9.17) is 4.74 Å². The number of carbonyl (C=O) groups is 1. The van der Waals surface area contributed by atoms with Gasteiger partial charge in [-0.2, -0.15) is 0 Å². The van der Waals surface area contributed by atoms with Crippen LogP contribution in [0.2, 0.25) is 0 Å². The highest BCUT2D eigenvalue weighted by Crippen LogP contribution is 2.30. The smallest absolute Gasteiger partial charge is 0.224 e. The van der Waals surface area contributed by atoms with Gasteiger partial charge in [0.25, 0.3) is 0 Å². The average molecular weight is 325 g/mol. The molecule has 1 heterocycles. The van der Waals surface area contributed by atoms with E-state index in [1.165, 1.54) is 0 Å². The Kier molecular flexibility index (Phi) is 5.49. The van der Waals surface area contributed by atoms with Crippen LogP contribution in [0.5, 0.6) is 5.75 Å². The SMILES string of the molecule is O=C(Cc1cccc(O)c1)N[C@@H](c1ccccc1)C1CCOCC1. The van der Waals surface area contributed by atoms with Crippen molar-refractivity contribution in [2.24, 2.45) is 5.92 Å². The number of hydrogen-bond acceptors (Lipinski definition) is 3. The van der Waals surface area contributed by atoms with Gasteiger partial charge in [-0.05, 0) is 42.0 Å². The fourth-order valence-corrected chi connectivity index (χ4v) is 3.26. The summed E-state index contributed by atoms with van der Waals surface area (Å²) < 4.78 is 5.46. The minimum Gasteiger partial charge on any atom is -0.508 e. The number of nitrogens with one attached hydrogen (secondary N) is 1. The van der Waals surface area contributed by atoms with Gasteiger partial charge in [-0.1, -0.05) is 42.5 Å². The first-order valence-electron chi connectivity index (χ1n) is 8.42. The lowest BCUT2D eigenvalue weighted by Gasteiger charge is -2.31. The fraction of sp³-hybridized carbons (Fsp3) is 0.350. The van der Waals surface area contributed by atoms with Gasteiger partial charge in [0, 0.05) is 13.2 Å². The van der Waals surface area contributed by atoms with Crippen molar-refractivity contribution in [2.45, 2.75) is 25.3 Å². The van der Waals surface area contributed by atoms with Crippen LogP contribution in [0.25, 0.3) is 0 Å². The molecule has 1 aliphatic rings. The van der Waals surface area contributed by atoms with E-state index in [0.29, 0.717) is 5.92 Å². The van der Waals surface area contributed by atoms with Crippen molar-refractivity contribution in [3.05, 3.63) is 65.7 Å². The molecule has 4 heteroatoms. The Balaban J connectivity index is 1.72. The molecule has 126 valence electrons. The molecule has 1 fully saturated rings. The van der Waals surface area contributed by atoms with Crippen molar-refractivity contribution >= 4 is 5.91 Å². The lowest BCUT2D eigenvalue weighted by atomic mass is 9.87. The number of benzene rings is 2. The Morgan fingerprint density at radius 2 is 1.88 bits per heavy atom. The lowest BCUT2D eigenvalue weighted by molar-refractivity contribution is -0.121. The van der Waals surface area contributed by atoms with Crippen LogP contribution in [0.4, 0.5) is 0 Å². The van der Waals surface area contributed by atoms with Gasteiger partial charge >= 0.3 is 0 Å².